The van der Waals surface area contributed by atoms with Crippen LogP contribution in [0, 0.1) is 28.6 Å². The zero-order valence-electron chi connectivity index (χ0n) is 29.2. The molecule has 19 atom stereocenters. The Labute approximate surface area is 279 Å². The van der Waals surface area contributed by atoms with Gasteiger partial charge >= 0.3 is 0 Å². The Morgan fingerprint density at radius 2 is 1.49 bits per heavy atom. The van der Waals surface area contributed by atoms with Crippen LogP contribution < -0.4 is 0 Å². The van der Waals surface area contributed by atoms with E-state index in [2.05, 4.69) is 6.92 Å². The molecule has 6 fully saturated rings. The summed E-state index contributed by atoms with van der Waals surface area (Å²) in [6.07, 6.45) is -2.56. The van der Waals surface area contributed by atoms with Crippen molar-refractivity contribution in [1.82, 2.24) is 0 Å². The second-order valence-electron chi connectivity index (χ2n) is 16.3. The molecule has 0 aromatic rings. The molecule has 6 aliphatic rings. The maximum absolute atomic E-state index is 12.3. The SMILES string of the molecule is CO[C@@H]1[C@@H](O)[C@H](O[C@@H]2[C@@H](C)O[C@@H](O[C@H]3CC[C@@]4(C)[C@@H](CC[C@@H]5[C@@H]4C[C@@H](O)[C@]4(C)[C@](O)(C(C)O)CC[C@]54O)C3)C[C@H]2OC)O[C@H](C)[C@H]1O. The summed E-state index contributed by atoms with van der Waals surface area (Å²) in [6, 6.07) is 0. The van der Waals surface area contributed by atoms with Gasteiger partial charge in [0.15, 0.2) is 12.6 Å². The van der Waals surface area contributed by atoms with Gasteiger partial charge in [-0.15, -0.1) is 0 Å². The van der Waals surface area contributed by atoms with Crippen molar-refractivity contribution in [3.05, 3.63) is 0 Å². The van der Waals surface area contributed by atoms with Crippen molar-refractivity contribution in [2.75, 3.05) is 14.2 Å². The van der Waals surface area contributed by atoms with E-state index >= 15 is 0 Å². The summed E-state index contributed by atoms with van der Waals surface area (Å²) in [4.78, 5) is 0. The van der Waals surface area contributed by atoms with Gasteiger partial charge in [0, 0.05) is 20.6 Å². The normalized spacial score (nSPS) is 57.1. The van der Waals surface area contributed by atoms with E-state index in [9.17, 15) is 30.6 Å². The third kappa shape index (κ3) is 5.47. The molecule has 0 spiro atoms. The van der Waals surface area contributed by atoms with Gasteiger partial charge in [0.25, 0.3) is 0 Å². The van der Waals surface area contributed by atoms with Gasteiger partial charge in [-0.25, -0.2) is 0 Å². The highest BCUT2D eigenvalue weighted by atomic mass is 16.7. The van der Waals surface area contributed by atoms with Gasteiger partial charge in [-0.1, -0.05) is 13.8 Å². The van der Waals surface area contributed by atoms with Crippen LogP contribution in [-0.4, -0.2) is 130 Å². The molecule has 0 amide bonds. The van der Waals surface area contributed by atoms with Gasteiger partial charge < -0.3 is 59.1 Å². The van der Waals surface area contributed by atoms with E-state index in [4.69, 9.17) is 28.4 Å². The van der Waals surface area contributed by atoms with Crippen molar-refractivity contribution in [1.29, 1.82) is 0 Å². The van der Waals surface area contributed by atoms with E-state index in [1.807, 2.05) is 6.92 Å². The number of methoxy groups -OCH3 is 2. The molecule has 2 aliphatic heterocycles. The van der Waals surface area contributed by atoms with E-state index in [1.54, 1.807) is 27.9 Å². The predicted octanol–water partition coefficient (Wildman–Crippen LogP) is 1.63. The fraction of sp³-hybridized carbons (Fsp3) is 1.00. The van der Waals surface area contributed by atoms with Crippen molar-refractivity contribution >= 4 is 0 Å². The lowest BCUT2D eigenvalue weighted by Crippen LogP contribution is -2.72. The first-order valence-electron chi connectivity index (χ1n) is 17.9. The third-order valence-corrected chi connectivity index (χ3v) is 14.4. The molecule has 6 rings (SSSR count). The summed E-state index contributed by atoms with van der Waals surface area (Å²) in [5.74, 6) is 0.402. The van der Waals surface area contributed by atoms with Crippen LogP contribution in [0.4, 0.5) is 0 Å². The molecule has 2 heterocycles. The molecular formula is C35H60O12. The van der Waals surface area contributed by atoms with Crippen molar-refractivity contribution in [3.8, 4) is 0 Å². The minimum absolute atomic E-state index is 0.0150. The molecule has 0 aromatic carbocycles. The molecule has 12 nitrogen and oxygen atoms in total. The van der Waals surface area contributed by atoms with Crippen LogP contribution in [0.15, 0.2) is 0 Å². The summed E-state index contributed by atoms with van der Waals surface area (Å²) < 4.78 is 36.1. The second kappa shape index (κ2) is 12.9. The predicted molar refractivity (Wildman–Crippen MR) is 168 cm³/mol. The van der Waals surface area contributed by atoms with Crippen molar-refractivity contribution in [2.24, 2.45) is 28.6 Å². The van der Waals surface area contributed by atoms with Gasteiger partial charge in [0.1, 0.15) is 30.0 Å². The molecular weight excluding hydrogens is 612 g/mol. The zero-order valence-corrected chi connectivity index (χ0v) is 29.2. The molecule has 0 aromatic heterocycles. The number of hydrogen-bond acceptors (Lipinski definition) is 12. The summed E-state index contributed by atoms with van der Waals surface area (Å²) in [7, 11) is 3.05. The lowest BCUT2D eigenvalue weighted by molar-refractivity contribution is -0.343. The maximum Gasteiger partial charge on any atom is 0.187 e. The van der Waals surface area contributed by atoms with Crippen LogP contribution in [0.1, 0.15) is 92.4 Å². The molecule has 6 N–H and O–H groups in total. The van der Waals surface area contributed by atoms with Crippen LogP contribution in [0.5, 0.6) is 0 Å². The van der Waals surface area contributed by atoms with Crippen molar-refractivity contribution < 1.29 is 59.1 Å². The Balaban J connectivity index is 1.09. The largest absolute Gasteiger partial charge is 0.392 e. The number of aliphatic hydroxyl groups excluding tert-OH is 4. The highest BCUT2D eigenvalue weighted by Crippen LogP contribution is 2.70. The van der Waals surface area contributed by atoms with Crippen LogP contribution in [0.25, 0.3) is 0 Å². The maximum atomic E-state index is 12.3. The molecule has 4 aliphatic carbocycles. The first kappa shape index (κ1) is 36.3. The van der Waals surface area contributed by atoms with Gasteiger partial charge in [-0.2, -0.15) is 0 Å². The summed E-state index contributed by atoms with van der Waals surface area (Å²) in [6.45, 7) is 9.26. The Bertz CT molecular complexity index is 1110. The zero-order chi connectivity index (χ0) is 34.3. The van der Waals surface area contributed by atoms with Crippen molar-refractivity contribution in [2.45, 2.75) is 177 Å². The van der Waals surface area contributed by atoms with Gasteiger partial charge in [0.05, 0.1) is 47.6 Å². The van der Waals surface area contributed by atoms with Crippen molar-refractivity contribution in [3.63, 3.8) is 0 Å². The number of aliphatic hydroxyl groups is 6. The molecule has 0 bridgehead atoms. The first-order valence-corrected chi connectivity index (χ1v) is 17.9. The standard InChI is InChI=1S/C35H60O12/c1-17-27(38)30(43-7)28(39)31(45-17)47-29-18(2)44-26(16-24(29)42-6)46-21-10-11-32(4)20(14-21)8-9-22-23(32)15-25(37)33(5)34(40,19(3)36)12-13-35(22,33)41/h17-31,36-41H,8-16H2,1-7H3/t17-,18-,19?,20+,21+,22-,23+,24-,25-,26+,27-,28-,29-,30+,31+,32+,33-,34-,35+/m1/s1. The molecule has 0 radical (unpaired) electrons. The molecule has 47 heavy (non-hydrogen) atoms. The lowest BCUT2D eigenvalue weighted by atomic mass is 9.42. The topological polar surface area (TPSA) is 177 Å². The number of rotatable bonds is 7. The van der Waals surface area contributed by atoms with Crippen LogP contribution in [0.2, 0.25) is 0 Å². The van der Waals surface area contributed by atoms with Gasteiger partial charge in [0.2, 0.25) is 0 Å². The van der Waals surface area contributed by atoms with Gasteiger partial charge in [-0.05, 0) is 95.3 Å². The fourth-order valence-corrected chi connectivity index (χ4v) is 11.3. The highest BCUT2D eigenvalue weighted by molar-refractivity contribution is 5.25. The summed E-state index contributed by atoms with van der Waals surface area (Å²) in [5, 5.41) is 67.3. The average molecular weight is 673 g/mol. The molecule has 1 unspecified atom stereocenters. The molecule has 272 valence electrons. The fourth-order valence-electron chi connectivity index (χ4n) is 11.3. The second-order valence-corrected chi connectivity index (χ2v) is 16.3. The van der Waals surface area contributed by atoms with Crippen LogP contribution in [0.3, 0.4) is 0 Å². The van der Waals surface area contributed by atoms with E-state index in [1.165, 1.54) is 7.11 Å². The van der Waals surface area contributed by atoms with Gasteiger partial charge in [-0.3, -0.25) is 0 Å². The number of ether oxygens (including phenoxy) is 6. The Hall–Kier alpha value is -0.480. The Morgan fingerprint density at radius 3 is 2.15 bits per heavy atom. The molecule has 2 saturated heterocycles. The lowest BCUT2D eigenvalue weighted by Gasteiger charge is -2.66. The minimum atomic E-state index is -1.53. The number of hydrogen-bond donors (Lipinski definition) is 6. The summed E-state index contributed by atoms with van der Waals surface area (Å²) in [5.41, 5.74) is -4.07. The quantitative estimate of drug-likeness (QED) is 0.216. The third-order valence-electron chi connectivity index (χ3n) is 14.4. The van der Waals surface area contributed by atoms with E-state index in [0.717, 1.165) is 32.1 Å². The average Bonchev–Trinajstić information content (AvgIpc) is 3.25. The molecule has 4 saturated carbocycles. The Kier molecular flexibility index (Phi) is 9.99. The van der Waals surface area contributed by atoms with Crippen LogP contribution >= 0.6 is 0 Å². The van der Waals surface area contributed by atoms with E-state index in [-0.39, 0.29) is 35.9 Å². The van der Waals surface area contributed by atoms with E-state index in [0.29, 0.717) is 25.2 Å². The number of fused-ring (bicyclic) bond motifs is 5. The van der Waals surface area contributed by atoms with E-state index < -0.39 is 78.0 Å². The summed E-state index contributed by atoms with van der Waals surface area (Å²) >= 11 is 0. The highest BCUT2D eigenvalue weighted by Gasteiger charge is 2.75. The smallest absolute Gasteiger partial charge is 0.187 e. The first-order chi connectivity index (χ1) is 22.0. The Morgan fingerprint density at radius 1 is 0.766 bits per heavy atom. The minimum Gasteiger partial charge on any atom is -0.392 e. The van der Waals surface area contributed by atoms with Crippen LogP contribution in [-0.2, 0) is 28.4 Å². The monoisotopic (exact) mass is 672 g/mol. The molecule has 12 heteroatoms.